The number of ketones is 1. The van der Waals surface area contributed by atoms with Crippen LogP contribution in [0.4, 0.5) is 11.4 Å². The molecule has 12 nitrogen and oxygen atoms in total. The second-order valence-corrected chi connectivity index (χ2v) is 6.20. The number of carbonyl (C=O) groups is 2. The Morgan fingerprint density at radius 1 is 0.719 bits per heavy atom. The molecule has 0 saturated carbocycles. The fraction of sp³-hybridized carbons (Fsp3) is 0.300. The van der Waals surface area contributed by atoms with E-state index in [0.29, 0.717) is 11.5 Å². The largest absolute Gasteiger partial charge is 0.486 e. The summed E-state index contributed by atoms with van der Waals surface area (Å²) in [5.41, 5.74) is -0.163. The van der Waals surface area contributed by atoms with Gasteiger partial charge in [0.1, 0.15) is 24.7 Å². The Balaban J connectivity index is 1.51. The van der Waals surface area contributed by atoms with Gasteiger partial charge < -0.3 is 18.9 Å². The Hall–Kier alpha value is -4.06. The molecule has 0 radical (unpaired) electrons. The van der Waals surface area contributed by atoms with E-state index in [1.807, 2.05) is 0 Å². The minimum atomic E-state index is -0.639. The third-order valence-electron chi connectivity index (χ3n) is 3.87. The van der Waals surface area contributed by atoms with Gasteiger partial charge in [0.05, 0.1) is 23.1 Å². The summed E-state index contributed by atoms with van der Waals surface area (Å²) in [5, 5.41) is 21.1. The van der Waals surface area contributed by atoms with E-state index in [1.54, 1.807) is 0 Å². The second kappa shape index (κ2) is 12.6. The summed E-state index contributed by atoms with van der Waals surface area (Å²) < 4.78 is 20.5. The summed E-state index contributed by atoms with van der Waals surface area (Å²) in [7, 11) is 0. The van der Waals surface area contributed by atoms with Gasteiger partial charge in [-0.3, -0.25) is 25.0 Å². The van der Waals surface area contributed by atoms with Crippen molar-refractivity contribution in [1.29, 1.82) is 0 Å². The molecule has 0 bridgehead atoms. The van der Waals surface area contributed by atoms with Crippen LogP contribution in [-0.2, 0) is 19.1 Å². The third-order valence-corrected chi connectivity index (χ3v) is 3.87. The number of non-ortho nitro benzene ring substituents is 2. The van der Waals surface area contributed by atoms with Crippen LogP contribution in [0.25, 0.3) is 0 Å². The molecule has 0 atom stereocenters. The highest BCUT2D eigenvalue weighted by atomic mass is 16.6. The highest BCUT2D eigenvalue weighted by Gasteiger charge is 2.09. The van der Waals surface area contributed by atoms with Gasteiger partial charge in [-0.2, -0.15) is 0 Å². The van der Waals surface area contributed by atoms with Crippen LogP contribution in [-0.4, -0.2) is 54.6 Å². The van der Waals surface area contributed by atoms with Crippen LogP contribution in [0.15, 0.2) is 48.5 Å². The maximum Gasteiger partial charge on any atom is 0.344 e. The summed E-state index contributed by atoms with van der Waals surface area (Å²) in [5.74, 6) is -0.234. The monoisotopic (exact) mass is 448 g/mol. The van der Waals surface area contributed by atoms with Crippen LogP contribution in [0.1, 0.15) is 6.42 Å². The van der Waals surface area contributed by atoms with Crippen molar-refractivity contribution in [2.75, 3.05) is 33.0 Å². The van der Waals surface area contributed by atoms with E-state index in [-0.39, 0.29) is 56.6 Å². The van der Waals surface area contributed by atoms with Gasteiger partial charge in [-0.25, -0.2) is 4.79 Å². The van der Waals surface area contributed by atoms with Gasteiger partial charge in [-0.05, 0) is 24.3 Å². The number of nitro groups is 2. The van der Waals surface area contributed by atoms with Gasteiger partial charge >= 0.3 is 5.97 Å². The van der Waals surface area contributed by atoms with E-state index in [1.165, 1.54) is 48.5 Å². The summed E-state index contributed by atoms with van der Waals surface area (Å²) in [6.45, 7) is -0.401. The number of esters is 1. The molecule has 0 aliphatic rings. The molecule has 170 valence electrons. The van der Waals surface area contributed by atoms with E-state index in [4.69, 9.17) is 18.9 Å². The number of hydrogen-bond donors (Lipinski definition) is 0. The molecule has 0 spiro atoms. The molecule has 0 unspecified atom stereocenters. The maximum atomic E-state index is 11.8. The van der Waals surface area contributed by atoms with E-state index >= 15 is 0 Å². The highest BCUT2D eigenvalue weighted by molar-refractivity contribution is 5.80. The molecule has 12 heteroatoms. The molecular formula is C20H20N2O10. The predicted molar refractivity (Wildman–Crippen MR) is 109 cm³/mol. The van der Waals surface area contributed by atoms with E-state index < -0.39 is 15.8 Å². The van der Waals surface area contributed by atoms with Crippen molar-refractivity contribution < 1.29 is 38.4 Å². The van der Waals surface area contributed by atoms with Gasteiger partial charge in [-0.1, -0.05) is 0 Å². The molecule has 0 saturated heterocycles. The van der Waals surface area contributed by atoms with Crippen LogP contribution in [0.2, 0.25) is 0 Å². The van der Waals surface area contributed by atoms with Gasteiger partial charge in [0.15, 0.2) is 12.4 Å². The Labute approximate surface area is 181 Å². The quantitative estimate of drug-likeness (QED) is 0.182. The van der Waals surface area contributed by atoms with Crippen LogP contribution in [0.3, 0.4) is 0 Å². The molecule has 2 rings (SSSR count). The van der Waals surface area contributed by atoms with Gasteiger partial charge in [0, 0.05) is 30.7 Å². The molecule has 0 heterocycles. The van der Waals surface area contributed by atoms with Crippen molar-refractivity contribution in [3.05, 3.63) is 68.8 Å². The molecule has 0 aliphatic heterocycles. The standard InChI is InChI=1S/C20H20N2O10/c23-17(13-31-18-5-1-15(2-6-18)21(25)26)9-10-29-11-12-30-20(24)14-32-19-7-3-16(4-8-19)22(27)28/h1-8H,9-14H2. The molecule has 32 heavy (non-hydrogen) atoms. The fourth-order valence-electron chi connectivity index (χ4n) is 2.25. The Morgan fingerprint density at radius 3 is 1.72 bits per heavy atom. The average molecular weight is 448 g/mol. The maximum absolute atomic E-state index is 11.8. The number of Topliss-reactive ketones (excluding diaryl/α,β-unsaturated/α-hetero) is 1. The number of ether oxygens (including phenoxy) is 4. The number of nitro benzene ring substituents is 2. The van der Waals surface area contributed by atoms with Crippen molar-refractivity contribution in [3.8, 4) is 11.5 Å². The SMILES string of the molecule is O=C(CCOCCOC(=O)COc1ccc([N+](=O)[O-])cc1)COc1ccc([N+](=O)[O-])cc1. The first kappa shape index (κ1) is 24.2. The number of benzene rings is 2. The smallest absolute Gasteiger partial charge is 0.344 e. The zero-order chi connectivity index (χ0) is 23.3. The molecule has 2 aromatic carbocycles. The van der Waals surface area contributed by atoms with Crippen molar-refractivity contribution in [3.63, 3.8) is 0 Å². The number of hydrogen-bond acceptors (Lipinski definition) is 10. The molecule has 0 aliphatic carbocycles. The lowest BCUT2D eigenvalue weighted by Gasteiger charge is -2.08. The van der Waals surface area contributed by atoms with Gasteiger partial charge in [0.25, 0.3) is 11.4 Å². The van der Waals surface area contributed by atoms with Gasteiger partial charge in [0.2, 0.25) is 0 Å². The average Bonchev–Trinajstić information content (AvgIpc) is 2.79. The summed E-state index contributed by atoms with van der Waals surface area (Å²) in [4.78, 5) is 43.4. The zero-order valence-electron chi connectivity index (χ0n) is 16.8. The molecule has 0 aromatic heterocycles. The van der Waals surface area contributed by atoms with E-state index in [0.717, 1.165) is 0 Å². The van der Waals surface area contributed by atoms with Crippen LogP contribution >= 0.6 is 0 Å². The second-order valence-electron chi connectivity index (χ2n) is 6.20. The minimum absolute atomic E-state index is 0.0318. The normalized spacial score (nSPS) is 10.2. The predicted octanol–water partition coefficient (Wildman–Crippen LogP) is 2.48. The Kier molecular flexibility index (Phi) is 9.53. The van der Waals surface area contributed by atoms with Crippen molar-refractivity contribution in [1.82, 2.24) is 0 Å². The molecule has 0 fully saturated rings. The van der Waals surface area contributed by atoms with Crippen molar-refractivity contribution in [2.24, 2.45) is 0 Å². The number of carbonyl (C=O) groups excluding carboxylic acids is 2. The van der Waals surface area contributed by atoms with Gasteiger partial charge in [-0.15, -0.1) is 0 Å². The summed E-state index contributed by atoms with van der Waals surface area (Å²) in [6.07, 6.45) is 0.0875. The molecule has 0 amide bonds. The van der Waals surface area contributed by atoms with Crippen molar-refractivity contribution in [2.45, 2.75) is 6.42 Å². The third kappa shape index (κ3) is 8.75. The topological polar surface area (TPSA) is 157 Å². The highest BCUT2D eigenvalue weighted by Crippen LogP contribution is 2.18. The zero-order valence-corrected chi connectivity index (χ0v) is 16.8. The lowest BCUT2D eigenvalue weighted by Crippen LogP contribution is -2.18. The molecule has 2 aromatic rings. The number of nitrogens with zero attached hydrogens (tertiary/aromatic N) is 2. The minimum Gasteiger partial charge on any atom is -0.486 e. The first-order valence-electron chi connectivity index (χ1n) is 9.34. The van der Waals surface area contributed by atoms with E-state index in [2.05, 4.69) is 0 Å². The first-order chi connectivity index (χ1) is 15.3. The Morgan fingerprint density at radius 2 is 1.22 bits per heavy atom. The molecular weight excluding hydrogens is 428 g/mol. The molecule has 0 N–H and O–H groups in total. The lowest BCUT2D eigenvalue weighted by molar-refractivity contribution is -0.385. The Bertz CT molecular complexity index is 851. The summed E-state index contributed by atoms with van der Waals surface area (Å²) in [6, 6.07) is 10.6. The van der Waals surface area contributed by atoms with Crippen LogP contribution < -0.4 is 9.47 Å². The van der Waals surface area contributed by atoms with Crippen LogP contribution in [0, 0.1) is 20.2 Å². The first-order valence-corrected chi connectivity index (χ1v) is 9.34. The fourth-order valence-corrected chi connectivity index (χ4v) is 2.25. The van der Waals surface area contributed by atoms with E-state index in [9.17, 15) is 29.8 Å². The van der Waals surface area contributed by atoms with Crippen molar-refractivity contribution >= 4 is 23.1 Å². The lowest BCUT2D eigenvalue weighted by atomic mass is 10.3. The van der Waals surface area contributed by atoms with Crippen LogP contribution in [0.5, 0.6) is 11.5 Å². The number of rotatable bonds is 14. The summed E-state index contributed by atoms with van der Waals surface area (Å²) >= 11 is 0.